The molecular formula is C23H37N5O. The normalized spacial score (nSPS) is 24.3. The molecule has 3 fully saturated rings. The zero-order valence-electron chi connectivity index (χ0n) is 18.3. The lowest BCUT2D eigenvalue weighted by Crippen LogP contribution is -2.49. The van der Waals surface area contributed by atoms with Gasteiger partial charge < -0.3 is 14.7 Å². The van der Waals surface area contributed by atoms with Gasteiger partial charge >= 0.3 is 0 Å². The number of anilines is 1. The number of nitrogens with zero attached hydrogens (tertiary/aromatic N) is 5. The summed E-state index contributed by atoms with van der Waals surface area (Å²) in [5.74, 6) is 1.75. The Morgan fingerprint density at radius 2 is 1.59 bits per heavy atom. The molecule has 0 bridgehead atoms. The maximum atomic E-state index is 13.2. The van der Waals surface area contributed by atoms with Gasteiger partial charge in [0.1, 0.15) is 0 Å². The van der Waals surface area contributed by atoms with Crippen LogP contribution in [-0.4, -0.2) is 71.0 Å². The number of aromatic nitrogens is 2. The molecule has 1 amide bonds. The summed E-state index contributed by atoms with van der Waals surface area (Å²) in [7, 11) is 0. The lowest BCUT2D eigenvalue weighted by Gasteiger charge is -2.39. The molecule has 0 aliphatic carbocycles. The van der Waals surface area contributed by atoms with E-state index in [0.717, 1.165) is 62.8 Å². The van der Waals surface area contributed by atoms with E-state index in [4.69, 9.17) is 0 Å². The van der Waals surface area contributed by atoms with E-state index in [2.05, 4.69) is 24.7 Å². The molecule has 160 valence electrons. The first kappa shape index (κ1) is 20.6. The molecule has 1 aromatic rings. The average molecular weight is 400 g/mol. The first-order chi connectivity index (χ1) is 14.1. The number of rotatable bonds is 5. The van der Waals surface area contributed by atoms with Gasteiger partial charge in [0.25, 0.3) is 0 Å². The number of hydrogen-bond acceptors (Lipinski definition) is 5. The van der Waals surface area contributed by atoms with Crippen LogP contribution < -0.4 is 4.90 Å². The molecule has 0 unspecified atom stereocenters. The third-order valence-corrected chi connectivity index (χ3v) is 6.95. The van der Waals surface area contributed by atoms with E-state index in [-0.39, 0.29) is 0 Å². The fraction of sp³-hybridized carbons (Fsp3) is 0.783. The van der Waals surface area contributed by atoms with Crippen molar-refractivity contribution < 1.29 is 4.79 Å². The molecule has 4 heterocycles. The van der Waals surface area contributed by atoms with Crippen LogP contribution in [0, 0.1) is 19.8 Å². The highest BCUT2D eigenvalue weighted by Gasteiger charge is 2.31. The SMILES string of the molecule is Cc1cc(C)nc(N2CCC(CC(=O)N3CCCC[C@@H]3CN3CCCC3)CC2)n1. The van der Waals surface area contributed by atoms with Crippen LogP contribution >= 0.6 is 0 Å². The van der Waals surface area contributed by atoms with Gasteiger partial charge in [0.2, 0.25) is 11.9 Å². The topological polar surface area (TPSA) is 52.6 Å². The summed E-state index contributed by atoms with van der Waals surface area (Å²) < 4.78 is 0. The Morgan fingerprint density at radius 3 is 2.28 bits per heavy atom. The standard InChI is InChI=1S/C23H37N5O/c1-18-15-19(2)25-23(24-18)27-13-8-20(9-14-27)16-22(29)28-12-4-3-7-21(28)17-26-10-5-6-11-26/h15,20-21H,3-14,16-17H2,1-2H3/t21-/m1/s1. The number of hydrogen-bond donors (Lipinski definition) is 0. The van der Waals surface area contributed by atoms with Crippen molar-refractivity contribution in [3.63, 3.8) is 0 Å². The van der Waals surface area contributed by atoms with Crippen molar-refractivity contribution in [2.24, 2.45) is 5.92 Å². The van der Waals surface area contributed by atoms with Crippen LogP contribution in [0.15, 0.2) is 6.07 Å². The molecule has 3 saturated heterocycles. The molecule has 1 atom stereocenters. The molecule has 0 aromatic carbocycles. The first-order valence-corrected chi connectivity index (χ1v) is 11.7. The molecule has 1 aromatic heterocycles. The smallest absolute Gasteiger partial charge is 0.225 e. The number of carbonyl (C=O) groups excluding carboxylic acids is 1. The summed E-state index contributed by atoms with van der Waals surface area (Å²) in [4.78, 5) is 29.5. The second kappa shape index (κ2) is 9.41. The van der Waals surface area contributed by atoms with Gasteiger partial charge in [0.05, 0.1) is 0 Å². The van der Waals surface area contributed by atoms with Gasteiger partial charge in [-0.05, 0) is 83.9 Å². The van der Waals surface area contributed by atoms with Gasteiger partial charge in [-0.2, -0.15) is 0 Å². The molecule has 3 aliphatic rings. The highest BCUT2D eigenvalue weighted by atomic mass is 16.2. The number of piperidine rings is 2. The van der Waals surface area contributed by atoms with E-state index in [1.54, 1.807) is 0 Å². The van der Waals surface area contributed by atoms with Crippen LogP contribution in [0.4, 0.5) is 5.95 Å². The predicted molar refractivity (Wildman–Crippen MR) is 116 cm³/mol. The summed E-state index contributed by atoms with van der Waals surface area (Å²) in [5, 5.41) is 0. The minimum Gasteiger partial charge on any atom is -0.341 e. The van der Waals surface area contributed by atoms with Gasteiger partial charge in [0.15, 0.2) is 0 Å². The average Bonchev–Trinajstić information content (AvgIpc) is 3.21. The molecule has 3 aliphatic heterocycles. The van der Waals surface area contributed by atoms with Crippen molar-refractivity contribution in [3.05, 3.63) is 17.5 Å². The fourth-order valence-electron chi connectivity index (χ4n) is 5.33. The van der Waals surface area contributed by atoms with Crippen LogP contribution in [-0.2, 0) is 4.79 Å². The molecule has 6 heteroatoms. The molecule has 4 rings (SSSR count). The summed E-state index contributed by atoms with van der Waals surface area (Å²) in [5.41, 5.74) is 2.05. The van der Waals surface area contributed by atoms with Crippen LogP contribution in [0.25, 0.3) is 0 Å². The van der Waals surface area contributed by atoms with E-state index < -0.39 is 0 Å². The largest absolute Gasteiger partial charge is 0.341 e. The van der Waals surface area contributed by atoms with E-state index in [1.165, 1.54) is 45.2 Å². The Labute approximate surface area is 175 Å². The predicted octanol–water partition coefficient (Wildman–Crippen LogP) is 3.18. The third-order valence-electron chi connectivity index (χ3n) is 6.95. The maximum absolute atomic E-state index is 13.2. The van der Waals surface area contributed by atoms with Crippen LogP contribution in [0.5, 0.6) is 0 Å². The molecule has 6 nitrogen and oxygen atoms in total. The Balaban J connectivity index is 1.29. The van der Waals surface area contributed by atoms with E-state index in [0.29, 0.717) is 17.9 Å². The molecule has 0 N–H and O–H groups in total. The van der Waals surface area contributed by atoms with Gasteiger partial charge in [-0.1, -0.05) is 0 Å². The van der Waals surface area contributed by atoms with Crippen molar-refractivity contribution in [2.45, 2.75) is 71.3 Å². The highest BCUT2D eigenvalue weighted by Crippen LogP contribution is 2.27. The molecule has 0 saturated carbocycles. The quantitative estimate of drug-likeness (QED) is 0.761. The van der Waals surface area contributed by atoms with Gasteiger partial charge in [-0.15, -0.1) is 0 Å². The molecule has 0 radical (unpaired) electrons. The van der Waals surface area contributed by atoms with Crippen molar-refractivity contribution in [1.82, 2.24) is 19.8 Å². The lowest BCUT2D eigenvalue weighted by molar-refractivity contribution is -0.136. The Morgan fingerprint density at radius 1 is 0.931 bits per heavy atom. The number of amides is 1. The van der Waals surface area contributed by atoms with Gasteiger partial charge in [-0.3, -0.25) is 4.79 Å². The van der Waals surface area contributed by atoms with Crippen molar-refractivity contribution >= 4 is 11.9 Å². The first-order valence-electron chi connectivity index (χ1n) is 11.7. The van der Waals surface area contributed by atoms with Gasteiger partial charge in [0, 0.05) is 50.0 Å². The summed E-state index contributed by atoms with van der Waals surface area (Å²) in [6.07, 6.45) is 9.12. The maximum Gasteiger partial charge on any atom is 0.225 e. The Hall–Kier alpha value is -1.69. The van der Waals surface area contributed by atoms with E-state index >= 15 is 0 Å². The zero-order valence-corrected chi connectivity index (χ0v) is 18.3. The number of carbonyl (C=O) groups is 1. The molecule has 0 spiro atoms. The monoisotopic (exact) mass is 399 g/mol. The minimum atomic E-state index is 0.398. The van der Waals surface area contributed by atoms with Crippen molar-refractivity contribution in [2.75, 3.05) is 44.2 Å². The van der Waals surface area contributed by atoms with E-state index in [1.807, 2.05) is 19.9 Å². The lowest BCUT2D eigenvalue weighted by atomic mass is 9.92. The second-order valence-corrected chi connectivity index (χ2v) is 9.33. The Kier molecular flexibility index (Phi) is 6.68. The summed E-state index contributed by atoms with van der Waals surface area (Å²) in [6.45, 7) is 10.5. The highest BCUT2D eigenvalue weighted by molar-refractivity contribution is 5.77. The van der Waals surface area contributed by atoms with Crippen LogP contribution in [0.1, 0.15) is 62.8 Å². The van der Waals surface area contributed by atoms with Crippen LogP contribution in [0.3, 0.4) is 0 Å². The number of aryl methyl sites for hydroxylation is 2. The summed E-state index contributed by atoms with van der Waals surface area (Å²) >= 11 is 0. The Bertz CT molecular complexity index is 674. The molecule has 29 heavy (non-hydrogen) atoms. The molecular weight excluding hydrogens is 362 g/mol. The van der Waals surface area contributed by atoms with Crippen molar-refractivity contribution in [3.8, 4) is 0 Å². The number of likely N-dealkylation sites (tertiary alicyclic amines) is 2. The minimum absolute atomic E-state index is 0.398. The summed E-state index contributed by atoms with van der Waals surface area (Å²) in [6, 6.07) is 2.46. The van der Waals surface area contributed by atoms with Gasteiger partial charge in [-0.25, -0.2) is 9.97 Å². The fourth-order valence-corrected chi connectivity index (χ4v) is 5.33. The zero-order chi connectivity index (χ0) is 20.2. The third kappa shape index (κ3) is 5.27. The second-order valence-electron chi connectivity index (χ2n) is 9.33. The van der Waals surface area contributed by atoms with E-state index in [9.17, 15) is 4.79 Å². The van der Waals surface area contributed by atoms with Crippen LogP contribution in [0.2, 0.25) is 0 Å². The van der Waals surface area contributed by atoms with Crippen molar-refractivity contribution in [1.29, 1.82) is 0 Å².